The lowest BCUT2D eigenvalue weighted by Gasteiger charge is -2.21. The van der Waals surface area contributed by atoms with Gasteiger partial charge in [0.05, 0.1) is 18.2 Å². The van der Waals surface area contributed by atoms with Crippen molar-refractivity contribution in [2.24, 2.45) is 0 Å². The fraction of sp³-hybridized carbons (Fsp3) is 0.714. The lowest BCUT2D eigenvalue weighted by Crippen LogP contribution is -2.37. The van der Waals surface area contributed by atoms with Crippen LogP contribution in [0.5, 0.6) is 0 Å². The molecular weight excluding hydrogens is 256 g/mol. The van der Waals surface area contributed by atoms with Crippen molar-refractivity contribution in [1.29, 1.82) is 0 Å². The van der Waals surface area contributed by atoms with E-state index in [0.29, 0.717) is 6.54 Å². The van der Waals surface area contributed by atoms with E-state index in [2.05, 4.69) is 36.0 Å². The Hall–Kier alpha value is -1.40. The van der Waals surface area contributed by atoms with Gasteiger partial charge in [-0.2, -0.15) is 0 Å². The number of imidazole rings is 1. The van der Waals surface area contributed by atoms with Gasteiger partial charge in [0, 0.05) is 19.6 Å². The molecule has 6 nitrogen and oxygen atoms in total. The van der Waals surface area contributed by atoms with Crippen LogP contribution in [0.4, 0.5) is 0 Å². The predicted octanol–water partition coefficient (Wildman–Crippen LogP) is 1.35. The van der Waals surface area contributed by atoms with Gasteiger partial charge < -0.3 is 14.6 Å². The van der Waals surface area contributed by atoms with Crippen molar-refractivity contribution in [2.45, 2.75) is 39.8 Å². The Kier molecular flexibility index (Phi) is 7.25. The Bertz CT molecular complexity index is 402. The summed E-state index contributed by atoms with van der Waals surface area (Å²) in [7, 11) is 0. The molecule has 1 heterocycles. The van der Waals surface area contributed by atoms with Crippen LogP contribution >= 0.6 is 0 Å². The number of carboxylic acids is 1. The Morgan fingerprint density at radius 3 is 2.70 bits per heavy atom. The number of carbonyl (C=O) groups is 1. The van der Waals surface area contributed by atoms with E-state index < -0.39 is 12.0 Å². The van der Waals surface area contributed by atoms with Gasteiger partial charge in [-0.3, -0.25) is 10.1 Å². The minimum atomic E-state index is -0.859. The zero-order valence-electron chi connectivity index (χ0n) is 12.7. The quantitative estimate of drug-likeness (QED) is 0.678. The van der Waals surface area contributed by atoms with E-state index in [9.17, 15) is 9.90 Å². The van der Waals surface area contributed by atoms with Crippen molar-refractivity contribution >= 4 is 5.97 Å². The lowest BCUT2D eigenvalue weighted by molar-refractivity contribution is -0.139. The number of carboxylic acid groups (broad SMARTS) is 1. The van der Waals surface area contributed by atoms with Crippen LogP contribution in [0.2, 0.25) is 0 Å². The zero-order valence-corrected chi connectivity index (χ0v) is 12.7. The largest absolute Gasteiger partial charge is 0.480 e. The van der Waals surface area contributed by atoms with Crippen LogP contribution in [0.1, 0.15) is 38.9 Å². The summed E-state index contributed by atoms with van der Waals surface area (Å²) in [5.41, 5.74) is 0.721. The molecule has 0 aliphatic rings. The van der Waals surface area contributed by atoms with E-state index in [4.69, 9.17) is 0 Å². The van der Waals surface area contributed by atoms with Gasteiger partial charge in [-0.25, -0.2) is 4.98 Å². The summed E-state index contributed by atoms with van der Waals surface area (Å²) in [6, 6.07) is -0.695. The minimum Gasteiger partial charge on any atom is -0.480 e. The smallest absolute Gasteiger partial charge is 0.326 e. The van der Waals surface area contributed by atoms with E-state index in [1.807, 2.05) is 4.57 Å². The van der Waals surface area contributed by atoms with Gasteiger partial charge in [0.1, 0.15) is 6.04 Å². The third-order valence-corrected chi connectivity index (χ3v) is 3.42. The van der Waals surface area contributed by atoms with Crippen LogP contribution in [0.25, 0.3) is 0 Å². The summed E-state index contributed by atoms with van der Waals surface area (Å²) >= 11 is 0. The number of aromatic nitrogens is 2. The normalized spacial score (nSPS) is 12.8. The summed E-state index contributed by atoms with van der Waals surface area (Å²) < 4.78 is 1.91. The van der Waals surface area contributed by atoms with Crippen molar-refractivity contribution in [1.82, 2.24) is 19.8 Å². The van der Waals surface area contributed by atoms with E-state index in [0.717, 1.165) is 38.3 Å². The summed E-state index contributed by atoms with van der Waals surface area (Å²) in [6.07, 6.45) is 4.29. The van der Waals surface area contributed by atoms with Gasteiger partial charge in [0.2, 0.25) is 0 Å². The van der Waals surface area contributed by atoms with E-state index in [1.54, 1.807) is 12.5 Å². The van der Waals surface area contributed by atoms with Crippen molar-refractivity contribution in [2.75, 3.05) is 26.2 Å². The SMILES string of the molecule is CCCn1cncc1C(NCCN(CC)CC)C(=O)O. The highest BCUT2D eigenvalue weighted by Crippen LogP contribution is 2.13. The first-order valence-corrected chi connectivity index (χ1v) is 7.32. The van der Waals surface area contributed by atoms with Crippen LogP contribution in [-0.2, 0) is 11.3 Å². The molecule has 0 amide bonds. The maximum atomic E-state index is 11.5. The summed E-state index contributed by atoms with van der Waals surface area (Å²) in [4.78, 5) is 17.8. The molecule has 6 heteroatoms. The van der Waals surface area contributed by atoms with Crippen LogP contribution in [0, 0.1) is 0 Å². The molecule has 20 heavy (non-hydrogen) atoms. The minimum absolute atomic E-state index is 0.649. The average molecular weight is 282 g/mol. The molecule has 0 radical (unpaired) electrons. The number of nitrogens with zero attached hydrogens (tertiary/aromatic N) is 3. The number of hydrogen-bond acceptors (Lipinski definition) is 4. The molecule has 0 aliphatic carbocycles. The third kappa shape index (κ3) is 4.61. The van der Waals surface area contributed by atoms with E-state index in [1.165, 1.54) is 0 Å². The first kappa shape index (κ1) is 16.7. The van der Waals surface area contributed by atoms with E-state index in [-0.39, 0.29) is 0 Å². The summed E-state index contributed by atoms with van der Waals surface area (Å²) in [6.45, 7) is 10.5. The molecule has 1 aromatic heterocycles. The Morgan fingerprint density at radius 2 is 2.15 bits per heavy atom. The van der Waals surface area contributed by atoms with Gasteiger partial charge in [0.25, 0.3) is 0 Å². The maximum Gasteiger partial charge on any atom is 0.326 e. The number of aliphatic carboxylic acids is 1. The number of nitrogens with one attached hydrogen (secondary N) is 1. The van der Waals surface area contributed by atoms with E-state index >= 15 is 0 Å². The molecule has 0 bridgehead atoms. The van der Waals surface area contributed by atoms with Gasteiger partial charge in [-0.1, -0.05) is 20.8 Å². The maximum absolute atomic E-state index is 11.5. The lowest BCUT2D eigenvalue weighted by atomic mass is 10.2. The standard InChI is InChI=1S/C14H26N4O2/c1-4-8-18-11-15-10-12(18)13(14(19)20)16-7-9-17(5-2)6-3/h10-11,13,16H,4-9H2,1-3H3,(H,19,20). The molecule has 0 spiro atoms. The van der Waals surface area contributed by atoms with Crippen molar-refractivity contribution < 1.29 is 9.90 Å². The highest BCUT2D eigenvalue weighted by Gasteiger charge is 2.22. The monoisotopic (exact) mass is 282 g/mol. The number of rotatable bonds is 10. The van der Waals surface area contributed by atoms with Crippen LogP contribution in [0.3, 0.4) is 0 Å². The topological polar surface area (TPSA) is 70.4 Å². The molecule has 2 N–H and O–H groups in total. The van der Waals surface area contributed by atoms with Crippen LogP contribution < -0.4 is 5.32 Å². The third-order valence-electron chi connectivity index (χ3n) is 3.42. The van der Waals surface area contributed by atoms with Crippen LogP contribution in [0.15, 0.2) is 12.5 Å². The second-order valence-electron chi connectivity index (χ2n) is 4.76. The second-order valence-corrected chi connectivity index (χ2v) is 4.76. The Labute approximate surface area is 120 Å². The molecule has 1 aromatic rings. The molecule has 1 unspecified atom stereocenters. The molecular formula is C14H26N4O2. The summed E-state index contributed by atoms with van der Waals surface area (Å²) in [5.74, 6) is -0.859. The molecule has 0 saturated heterocycles. The van der Waals surface area contributed by atoms with Gasteiger partial charge in [-0.05, 0) is 19.5 Å². The van der Waals surface area contributed by atoms with Crippen molar-refractivity contribution in [3.63, 3.8) is 0 Å². The average Bonchev–Trinajstić information content (AvgIpc) is 2.87. The van der Waals surface area contributed by atoms with Gasteiger partial charge >= 0.3 is 5.97 Å². The van der Waals surface area contributed by atoms with Crippen LogP contribution in [-0.4, -0.2) is 51.7 Å². The molecule has 0 aliphatic heterocycles. The summed E-state index contributed by atoms with van der Waals surface area (Å²) in [5, 5.41) is 12.5. The molecule has 114 valence electrons. The van der Waals surface area contributed by atoms with Crippen molar-refractivity contribution in [3.8, 4) is 0 Å². The molecule has 0 aromatic carbocycles. The molecule has 0 fully saturated rings. The predicted molar refractivity (Wildman–Crippen MR) is 78.7 cm³/mol. The number of likely N-dealkylation sites (N-methyl/N-ethyl adjacent to an activating group) is 1. The fourth-order valence-corrected chi connectivity index (χ4v) is 2.22. The number of aryl methyl sites for hydroxylation is 1. The fourth-order valence-electron chi connectivity index (χ4n) is 2.22. The second kappa shape index (κ2) is 8.71. The first-order chi connectivity index (χ1) is 9.63. The Morgan fingerprint density at radius 1 is 1.45 bits per heavy atom. The first-order valence-electron chi connectivity index (χ1n) is 7.32. The Balaban J connectivity index is 2.65. The number of hydrogen-bond donors (Lipinski definition) is 2. The molecule has 1 atom stereocenters. The molecule has 0 saturated carbocycles. The van der Waals surface area contributed by atoms with Gasteiger partial charge in [-0.15, -0.1) is 0 Å². The zero-order chi connectivity index (χ0) is 15.0. The highest BCUT2D eigenvalue weighted by atomic mass is 16.4. The highest BCUT2D eigenvalue weighted by molar-refractivity contribution is 5.74. The van der Waals surface area contributed by atoms with Gasteiger partial charge in [0.15, 0.2) is 0 Å². The molecule has 1 rings (SSSR count). The van der Waals surface area contributed by atoms with Crippen molar-refractivity contribution in [3.05, 3.63) is 18.2 Å².